The van der Waals surface area contributed by atoms with Crippen LogP contribution < -0.4 is 11.1 Å². The van der Waals surface area contributed by atoms with E-state index in [0.717, 1.165) is 0 Å². The van der Waals surface area contributed by atoms with Crippen LogP contribution in [0.15, 0.2) is 4.52 Å². The standard InChI is InChI=1S/C8H12N4O2S/c1-5-11-7(12-14-5)2-3-10-8(13)4-6(9)15/h2-4H2,1H3,(H2,9,15)(H,10,13). The number of nitrogens with two attached hydrogens (primary N) is 1. The highest BCUT2D eigenvalue weighted by molar-refractivity contribution is 7.80. The number of aromatic nitrogens is 2. The van der Waals surface area contributed by atoms with E-state index in [4.69, 9.17) is 10.3 Å². The molecule has 0 radical (unpaired) electrons. The molecule has 0 saturated heterocycles. The monoisotopic (exact) mass is 228 g/mol. The van der Waals surface area contributed by atoms with Crippen molar-refractivity contribution in [3.63, 3.8) is 0 Å². The molecule has 0 aliphatic rings. The molecule has 1 rings (SSSR count). The summed E-state index contributed by atoms with van der Waals surface area (Å²) in [4.78, 5) is 15.3. The first-order valence-corrected chi connectivity index (χ1v) is 4.83. The summed E-state index contributed by atoms with van der Waals surface area (Å²) in [5, 5.41) is 6.33. The van der Waals surface area contributed by atoms with Gasteiger partial charge < -0.3 is 15.6 Å². The summed E-state index contributed by atoms with van der Waals surface area (Å²) in [5.74, 6) is 0.894. The summed E-state index contributed by atoms with van der Waals surface area (Å²) >= 11 is 4.60. The van der Waals surface area contributed by atoms with Gasteiger partial charge >= 0.3 is 0 Å². The zero-order valence-electron chi connectivity index (χ0n) is 8.32. The molecule has 1 amide bonds. The molecule has 3 N–H and O–H groups in total. The summed E-state index contributed by atoms with van der Waals surface area (Å²) in [5.41, 5.74) is 5.21. The van der Waals surface area contributed by atoms with E-state index in [1.54, 1.807) is 6.92 Å². The van der Waals surface area contributed by atoms with Crippen molar-refractivity contribution in [2.75, 3.05) is 6.54 Å². The Hall–Kier alpha value is -1.50. The summed E-state index contributed by atoms with van der Waals surface area (Å²) < 4.78 is 4.77. The molecular formula is C8H12N4O2S. The van der Waals surface area contributed by atoms with Crippen LogP contribution in [0.25, 0.3) is 0 Å². The first kappa shape index (κ1) is 11.6. The second-order valence-electron chi connectivity index (χ2n) is 2.97. The molecule has 1 aromatic rings. The Morgan fingerprint density at radius 1 is 1.67 bits per heavy atom. The molecule has 0 spiro atoms. The number of hydrogen-bond acceptors (Lipinski definition) is 5. The minimum absolute atomic E-state index is 0.0700. The van der Waals surface area contributed by atoms with E-state index >= 15 is 0 Å². The number of hydrogen-bond donors (Lipinski definition) is 2. The van der Waals surface area contributed by atoms with Crippen LogP contribution in [0.2, 0.25) is 0 Å². The van der Waals surface area contributed by atoms with Gasteiger partial charge in [0.25, 0.3) is 0 Å². The molecule has 0 fully saturated rings. The summed E-state index contributed by atoms with van der Waals surface area (Å²) in [6.45, 7) is 2.16. The molecule has 6 nitrogen and oxygen atoms in total. The Kier molecular flexibility index (Phi) is 4.17. The van der Waals surface area contributed by atoms with E-state index in [1.807, 2.05) is 0 Å². The number of amides is 1. The normalized spacial score (nSPS) is 9.93. The first-order valence-electron chi connectivity index (χ1n) is 4.42. The molecule has 1 heterocycles. The maximum absolute atomic E-state index is 11.1. The number of carbonyl (C=O) groups excluding carboxylic acids is 1. The first-order chi connectivity index (χ1) is 7.08. The topological polar surface area (TPSA) is 94.0 Å². The summed E-state index contributed by atoms with van der Waals surface area (Å²) in [7, 11) is 0. The van der Waals surface area contributed by atoms with E-state index < -0.39 is 0 Å². The molecule has 7 heteroatoms. The van der Waals surface area contributed by atoms with Crippen LogP contribution in [0.5, 0.6) is 0 Å². The molecule has 0 aliphatic carbocycles. The minimum atomic E-state index is -0.192. The van der Waals surface area contributed by atoms with E-state index in [1.165, 1.54) is 0 Å². The van der Waals surface area contributed by atoms with Gasteiger partial charge in [-0.3, -0.25) is 4.79 Å². The lowest BCUT2D eigenvalue weighted by Crippen LogP contribution is -2.29. The van der Waals surface area contributed by atoms with Crippen LogP contribution in [0, 0.1) is 6.92 Å². The number of aryl methyl sites for hydroxylation is 1. The van der Waals surface area contributed by atoms with Crippen molar-refractivity contribution >= 4 is 23.1 Å². The van der Waals surface area contributed by atoms with Crippen LogP contribution in [-0.4, -0.2) is 27.6 Å². The zero-order valence-corrected chi connectivity index (χ0v) is 9.13. The third-order valence-electron chi connectivity index (χ3n) is 1.58. The molecule has 0 aromatic carbocycles. The van der Waals surface area contributed by atoms with Gasteiger partial charge in [0, 0.05) is 19.9 Å². The fourth-order valence-corrected chi connectivity index (χ4v) is 1.11. The van der Waals surface area contributed by atoms with Gasteiger partial charge in [0.1, 0.15) is 0 Å². The van der Waals surface area contributed by atoms with Gasteiger partial charge in [-0.05, 0) is 0 Å². The van der Waals surface area contributed by atoms with Crippen LogP contribution in [0.3, 0.4) is 0 Å². The van der Waals surface area contributed by atoms with Crippen molar-refractivity contribution in [2.45, 2.75) is 19.8 Å². The Morgan fingerprint density at radius 3 is 2.93 bits per heavy atom. The lowest BCUT2D eigenvalue weighted by molar-refractivity contribution is -0.119. The molecule has 0 unspecified atom stereocenters. The maximum atomic E-state index is 11.1. The second kappa shape index (κ2) is 5.40. The average molecular weight is 228 g/mol. The predicted octanol–water partition coefficient (Wildman–Crippen LogP) is -0.287. The van der Waals surface area contributed by atoms with Gasteiger partial charge in [0.05, 0.1) is 11.4 Å². The molecular weight excluding hydrogens is 216 g/mol. The highest BCUT2D eigenvalue weighted by atomic mass is 32.1. The van der Waals surface area contributed by atoms with Crippen molar-refractivity contribution in [3.8, 4) is 0 Å². The Morgan fingerprint density at radius 2 is 2.40 bits per heavy atom. The van der Waals surface area contributed by atoms with Gasteiger partial charge in [-0.1, -0.05) is 17.4 Å². The molecule has 0 saturated carbocycles. The Bertz CT molecular complexity index is 363. The quantitative estimate of drug-likeness (QED) is 0.673. The number of rotatable bonds is 5. The van der Waals surface area contributed by atoms with Crippen LogP contribution in [0.1, 0.15) is 18.1 Å². The minimum Gasteiger partial charge on any atom is -0.393 e. The molecule has 0 atom stereocenters. The van der Waals surface area contributed by atoms with E-state index in [9.17, 15) is 4.79 Å². The fourth-order valence-electron chi connectivity index (χ4n) is 0.977. The number of nitrogens with one attached hydrogen (secondary N) is 1. The smallest absolute Gasteiger partial charge is 0.226 e. The molecule has 0 bridgehead atoms. The van der Waals surface area contributed by atoms with Crippen molar-refractivity contribution in [2.24, 2.45) is 5.73 Å². The predicted molar refractivity (Wildman–Crippen MR) is 57.2 cm³/mol. The molecule has 1 aromatic heterocycles. The van der Waals surface area contributed by atoms with Gasteiger partial charge in [-0.2, -0.15) is 4.98 Å². The Labute approximate surface area is 92.2 Å². The largest absolute Gasteiger partial charge is 0.393 e. The summed E-state index contributed by atoms with van der Waals surface area (Å²) in [6.07, 6.45) is 0.598. The van der Waals surface area contributed by atoms with Crippen LogP contribution >= 0.6 is 12.2 Å². The van der Waals surface area contributed by atoms with E-state index in [2.05, 4.69) is 27.7 Å². The number of thiocarbonyl (C=S) groups is 1. The van der Waals surface area contributed by atoms with Crippen LogP contribution in [0.4, 0.5) is 0 Å². The van der Waals surface area contributed by atoms with Crippen molar-refractivity contribution in [3.05, 3.63) is 11.7 Å². The van der Waals surface area contributed by atoms with Gasteiger partial charge in [-0.15, -0.1) is 0 Å². The fraction of sp³-hybridized carbons (Fsp3) is 0.500. The third kappa shape index (κ3) is 4.50. The number of nitrogens with zero attached hydrogens (tertiary/aromatic N) is 2. The van der Waals surface area contributed by atoms with Crippen molar-refractivity contribution in [1.29, 1.82) is 0 Å². The lowest BCUT2D eigenvalue weighted by atomic mass is 10.3. The second-order valence-corrected chi connectivity index (χ2v) is 3.50. The lowest BCUT2D eigenvalue weighted by Gasteiger charge is -2.01. The van der Waals surface area contributed by atoms with Crippen molar-refractivity contribution < 1.29 is 9.32 Å². The molecule has 82 valence electrons. The molecule has 15 heavy (non-hydrogen) atoms. The highest BCUT2D eigenvalue weighted by Gasteiger charge is 2.04. The Balaban J connectivity index is 2.22. The zero-order chi connectivity index (χ0) is 11.3. The van der Waals surface area contributed by atoms with E-state index in [-0.39, 0.29) is 17.3 Å². The van der Waals surface area contributed by atoms with Crippen LogP contribution in [-0.2, 0) is 11.2 Å². The van der Waals surface area contributed by atoms with Gasteiger partial charge in [-0.25, -0.2) is 0 Å². The van der Waals surface area contributed by atoms with Crippen molar-refractivity contribution in [1.82, 2.24) is 15.5 Å². The third-order valence-corrected chi connectivity index (χ3v) is 1.72. The van der Waals surface area contributed by atoms with Gasteiger partial charge in [0.2, 0.25) is 11.8 Å². The highest BCUT2D eigenvalue weighted by Crippen LogP contribution is 1.94. The summed E-state index contributed by atoms with van der Waals surface area (Å²) in [6, 6.07) is 0. The number of carbonyl (C=O) groups is 1. The maximum Gasteiger partial charge on any atom is 0.226 e. The van der Waals surface area contributed by atoms with Gasteiger partial charge in [0.15, 0.2) is 5.82 Å². The SMILES string of the molecule is Cc1nc(CCNC(=O)CC(N)=S)no1. The van der Waals surface area contributed by atoms with E-state index in [0.29, 0.717) is 24.7 Å². The average Bonchev–Trinajstić information content (AvgIpc) is 2.50. The molecule has 0 aliphatic heterocycles.